The highest BCUT2D eigenvalue weighted by atomic mass is 16.6. The van der Waals surface area contributed by atoms with Gasteiger partial charge in [-0.2, -0.15) is 0 Å². The van der Waals surface area contributed by atoms with Gasteiger partial charge in [-0.1, -0.05) is 207 Å². The van der Waals surface area contributed by atoms with Crippen molar-refractivity contribution in [3.05, 3.63) is 109 Å². The summed E-state index contributed by atoms with van der Waals surface area (Å²) >= 11 is 0. The first-order chi connectivity index (χ1) is 30.6. The Morgan fingerprint density at radius 3 is 1.31 bits per heavy atom. The molecule has 0 aromatic rings. The summed E-state index contributed by atoms with van der Waals surface area (Å²) in [6, 6.07) is 0. The average Bonchev–Trinajstić information content (AvgIpc) is 3.27. The second-order valence-electron chi connectivity index (χ2n) is 16.3. The molecule has 0 heterocycles. The highest BCUT2D eigenvalue weighted by Gasteiger charge is 2.17. The second kappa shape index (κ2) is 51.9. The van der Waals surface area contributed by atoms with Gasteiger partial charge < -0.3 is 14.2 Å². The maximum atomic E-state index is 12.7. The van der Waals surface area contributed by atoms with Gasteiger partial charge in [-0.15, -0.1) is 0 Å². The SMILES string of the molecule is CC/C=C\C/C=C\C/C=C\C/C=C\C/C=C\CC(=O)OC(COCCCCCCCC/C=C\CCCC)COC(=O)CCCCCCCC/C=C\C/C=C\C/C=C\CCCCC. The van der Waals surface area contributed by atoms with E-state index in [0.717, 1.165) is 83.5 Å². The number of esters is 2. The molecular formula is C57H94O5. The molecule has 0 saturated heterocycles. The monoisotopic (exact) mass is 859 g/mol. The maximum Gasteiger partial charge on any atom is 0.310 e. The Balaban J connectivity index is 4.41. The van der Waals surface area contributed by atoms with Crippen molar-refractivity contribution in [2.45, 2.75) is 219 Å². The number of hydrogen-bond acceptors (Lipinski definition) is 5. The third-order valence-corrected chi connectivity index (χ3v) is 10.3. The Bertz CT molecular complexity index is 1250. The van der Waals surface area contributed by atoms with E-state index in [1.165, 1.54) is 96.3 Å². The third-order valence-electron chi connectivity index (χ3n) is 10.3. The fraction of sp³-hybridized carbons (Fsp3) is 0.649. The molecule has 0 aliphatic rings. The van der Waals surface area contributed by atoms with Crippen LogP contribution < -0.4 is 0 Å². The zero-order chi connectivity index (χ0) is 44.9. The van der Waals surface area contributed by atoms with Gasteiger partial charge in [0.15, 0.2) is 6.10 Å². The van der Waals surface area contributed by atoms with Crippen LogP contribution in [-0.4, -0.2) is 37.9 Å². The molecule has 0 amide bonds. The van der Waals surface area contributed by atoms with Crippen LogP contribution in [0.1, 0.15) is 213 Å². The predicted molar refractivity (Wildman–Crippen MR) is 269 cm³/mol. The van der Waals surface area contributed by atoms with Crippen molar-refractivity contribution in [2.75, 3.05) is 19.8 Å². The highest BCUT2D eigenvalue weighted by molar-refractivity contribution is 5.71. The lowest BCUT2D eigenvalue weighted by Crippen LogP contribution is -2.29. The largest absolute Gasteiger partial charge is 0.462 e. The van der Waals surface area contributed by atoms with Crippen molar-refractivity contribution in [1.82, 2.24) is 0 Å². The van der Waals surface area contributed by atoms with Gasteiger partial charge >= 0.3 is 11.9 Å². The van der Waals surface area contributed by atoms with Crippen LogP contribution in [0.4, 0.5) is 0 Å². The lowest BCUT2D eigenvalue weighted by molar-refractivity contribution is -0.162. The molecule has 0 aliphatic heterocycles. The lowest BCUT2D eigenvalue weighted by atomic mass is 10.1. The van der Waals surface area contributed by atoms with Crippen LogP contribution >= 0.6 is 0 Å². The smallest absolute Gasteiger partial charge is 0.310 e. The summed E-state index contributed by atoms with van der Waals surface area (Å²) < 4.78 is 17.2. The quantitative estimate of drug-likeness (QED) is 0.0347. The van der Waals surface area contributed by atoms with E-state index in [4.69, 9.17) is 14.2 Å². The minimum atomic E-state index is -0.605. The normalized spacial score (nSPS) is 13.1. The molecule has 352 valence electrons. The van der Waals surface area contributed by atoms with Gasteiger partial charge in [0, 0.05) is 13.0 Å². The van der Waals surface area contributed by atoms with Crippen LogP contribution in [0.3, 0.4) is 0 Å². The van der Waals surface area contributed by atoms with Crippen molar-refractivity contribution in [2.24, 2.45) is 0 Å². The zero-order valence-electron chi connectivity index (χ0n) is 40.3. The summed E-state index contributed by atoms with van der Waals surface area (Å²) in [5.74, 6) is -0.567. The van der Waals surface area contributed by atoms with Gasteiger partial charge in [-0.25, -0.2) is 0 Å². The van der Waals surface area contributed by atoms with Crippen LogP contribution in [0, 0.1) is 0 Å². The summed E-state index contributed by atoms with van der Waals surface area (Å²) in [5, 5.41) is 0. The minimum absolute atomic E-state index is 0.0304. The number of ether oxygens (including phenoxy) is 3. The van der Waals surface area contributed by atoms with Gasteiger partial charge in [-0.05, 0) is 103 Å². The molecule has 0 aliphatic carbocycles. The first-order valence-corrected chi connectivity index (χ1v) is 25.4. The van der Waals surface area contributed by atoms with Gasteiger partial charge in [0.05, 0.1) is 13.0 Å². The summed E-state index contributed by atoms with van der Waals surface area (Å²) in [6.07, 6.45) is 71.2. The van der Waals surface area contributed by atoms with Crippen molar-refractivity contribution < 1.29 is 23.8 Å². The molecule has 0 rings (SSSR count). The van der Waals surface area contributed by atoms with E-state index in [9.17, 15) is 9.59 Å². The first-order valence-electron chi connectivity index (χ1n) is 25.4. The highest BCUT2D eigenvalue weighted by Crippen LogP contribution is 2.12. The van der Waals surface area contributed by atoms with E-state index in [0.29, 0.717) is 13.0 Å². The number of carbonyl (C=O) groups is 2. The van der Waals surface area contributed by atoms with Gasteiger partial charge in [0.2, 0.25) is 0 Å². The molecule has 0 bridgehead atoms. The fourth-order valence-electron chi connectivity index (χ4n) is 6.51. The van der Waals surface area contributed by atoms with E-state index in [1.54, 1.807) is 0 Å². The van der Waals surface area contributed by atoms with E-state index in [2.05, 4.69) is 118 Å². The Hall–Kier alpha value is -3.44. The average molecular weight is 859 g/mol. The molecule has 0 aromatic carbocycles. The molecule has 62 heavy (non-hydrogen) atoms. The Morgan fingerprint density at radius 2 is 0.790 bits per heavy atom. The molecular weight excluding hydrogens is 765 g/mol. The van der Waals surface area contributed by atoms with E-state index >= 15 is 0 Å². The molecule has 0 fully saturated rings. The Morgan fingerprint density at radius 1 is 0.387 bits per heavy atom. The standard InChI is InChI=1S/C57H94O5/c1-4-7-10-13-16-19-22-25-27-28-29-30-32-33-35-38-41-44-47-50-56(58)61-54-55(53-60-52-49-46-43-40-37-24-21-18-15-12-9-6-3)62-57(59)51-48-45-42-39-36-34-31-26-23-20-17-14-11-8-5-2/h8,11,15-20,25-27,29-31,36,39,45,48,55H,4-7,9-10,12-14,21-24,28,32-35,37-38,40-44,46-47,49-54H2,1-3H3/b11-8-,18-15-,19-16-,20-17-,27-25-,30-29-,31-26-,39-36-,48-45-. The number of rotatable bonds is 45. The molecule has 0 saturated carbocycles. The van der Waals surface area contributed by atoms with Gasteiger partial charge in [-0.3, -0.25) is 9.59 Å². The number of hydrogen-bond donors (Lipinski definition) is 0. The van der Waals surface area contributed by atoms with E-state index < -0.39 is 6.10 Å². The molecule has 5 nitrogen and oxygen atoms in total. The van der Waals surface area contributed by atoms with E-state index in [-0.39, 0.29) is 31.6 Å². The van der Waals surface area contributed by atoms with Gasteiger partial charge in [0.25, 0.3) is 0 Å². The summed E-state index contributed by atoms with van der Waals surface area (Å²) in [4.78, 5) is 25.3. The topological polar surface area (TPSA) is 61.8 Å². The molecule has 1 unspecified atom stereocenters. The Kier molecular flexibility index (Phi) is 49.0. The minimum Gasteiger partial charge on any atom is -0.462 e. The van der Waals surface area contributed by atoms with Crippen LogP contribution in [0.25, 0.3) is 0 Å². The number of unbranched alkanes of at least 4 members (excludes halogenated alkanes) is 17. The van der Waals surface area contributed by atoms with Crippen molar-refractivity contribution in [3.8, 4) is 0 Å². The summed E-state index contributed by atoms with van der Waals surface area (Å²) in [7, 11) is 0. The summed E-state index contributed by atoms with van der Waals surface area (Å²) in [6.45, 7) is 7.51. The van der Waals surface area contributed by atoms with Crippen molar-refractivity contribution in [3.63, 3.8) is 0 Å². The summed E-state index contributed by atoms with van der Waals surface area (Å²) in [5.41, 5.74) is 0. The number of allylic oxidation sites excluding steroid dienone is 17. The molecule has 0 radical (unpaired) electrons. The molecule has 5 heteroatoms. The molecule has 1 atom stereocenters. The zero-order valence-corrected chi connectivity index (χ0v) is 40.3. The molecule has 0 spiro atoms. The van der Waals surface area contributed by atoms with Crippen molar-refractivity contribution in [1.29, 1.82) is 0 Å². The van der Waals surface area contributed by atoms with Crippen LogP contribution in [0.2, 0.25) is 0 Å². The first kappa shape index (κ1) is 58.6. The third kappa shape index (κ3) is 49.2. The molecule has 0 N–H and O–H groups in total. The second-order valence-corrected chi connectivity index (χ2v) is 16.3. The molecule has 0 aromatic heterocycles. The predicted octanol–water partition coefficient (Wildman–Crippen LogP) is 17.2. The lowest BCUT2D eigenvalue weighted by Gasteiger charge is -2.18. The van der Waals surface area contributed by atoms with Crippen LogP contribution in [0.15, 0.2) is 109 Å². The van der Waals surface area contributed by atoms with Crippen LogP contribution in [-0.2, 0) is 23.8 Å². The van der Waals surface area contributed by atoms with Crippen LogP contribution in [0.5, 0.6) is 0 Å². The fourth-order valence-corrected chi connectivity index (χ4v) is 6.51. The van der Waals surface area contributed by atoms with Crippen molar-refractivity contribution >= 4 is 11.9 Å². The number of carbonyl (C=O) groups excluding carboxylic acids is 2. The maximum absolute atomic E-state index is 12.7. The van der Waals surface area contributed by atoms with E-state index in [1.807, 2.05) is 12.2 Å². The Labute approximate surface area is 383 Å². The van der Waals surface area contributed by atoms with Gasteiger partial charge in [0.1, 0.15) is 6.61 Å².